The molecule has 0 radical (unpaired) electrons. The number of rotatable bonds is 0. The quantitative estimate of drug-likeness (QED) is 0.605. The molecule has 0 saturated heterocycles. The van der Waals surface area contributed by atoms with Crippen molar-refractivity contribution in [3.05, 3.63) is 41.1 Å². The lowest BCUT2D eigenvalue weighted by atomic mass is 10.2. The number of halogens is 1. The van der Waals surface area contributed by atoms with Gasteiger partial charge in [-0.2, -0.15) is 0 Å². The van der Waals surface area contributed by atoms with Gasteiger partial charge in [0.2, 0.25) is 0 Å². The van der Waals surface area contributed by atoms with E-state index in [1.165, 1.54) is 21.8 Å². The Kier molecular flexibility index (Phi) is 1.83. The zero-order valence-corrected chi connectivity index (χ0v) is 9.82. The summed E-state index contributed by atoms with van der Waals surface area (Å²) in [5.41, 5.74) is 2.39. The second kappa shape index (κ2) is 3.07. The molecule has 0 bridgehead atoms. The van der Waals surface area contributed by atoms with Crippen LogP contribution in [0, 0.1) is 0 Å². The monoisotopic (exact) mass is 260 g/mol. The zero-order chi connectivity index (χ0) is 10.4. The highest BCUT2D eigenvalue weighted by Crippen LogP contribution is 2.31. The van der Waals surface area contributed by atoms with Crippen molar-refractivity contribution in [3.8, 4) is 0 Å². The van der Waals surface area contributed by atoms with E-state index in [2.05, 4.69) is 56.8 Å². The molecule has 2 heterocycles. The van der Waals surface area contributed by atoms with E-state index in [0.717, 1.165) is 4.47 Å². The van der Waals surface area contributed by atoms with Crippen LogP contribution in [0.4, 0.5) is 0 Å². The van der Waals surface area contributed by atoms with Gasteiger partial charge in [0.15, 0.2) is 0 Å². The van der Waals surface area contributed by atoms with E-state index in [1.807, 2.05) is 12.4 Å². The van der Waals surface area contributed by atoms with Crippen LogP contribution in [-0.2, 0) is 7.05 Å². The van der Waals surface area contributed by atoms with E-state index < -0.39 is 0 Å². The summed E-state index contributed by atoms with van der Waals surface area (Å²) in [6.07, 6.45) is 3.74. The third kappa shape index (κ3) is 1.13. The van der Waals surface area contributed by atoms with Gasteiger partial charge in [-0.1, -0.05) is 12.1 Å². The maximum Gasteiger partial charge on any atom is 0.0675 e. The molecule has 74 valence electrons. The fraction of sp³-hybridized carbons (Fsp3) is 0.0833. The topological polar surface area (TPSA) is 17.8 Å². The third-order valence-corrected chi connectivity index (χ3v) is 3.41. The van der Waals surface area contributed by atoms with Gasteiger partial charge < -0.3 is 4.57 Å². The molecule has 3 heteroatoms. The van der Waals surface area contributed by atoms with Gasteiger partial charge in [-0.3, -0.25) is 4.98 Å². The van der Waals surface area contributed by atoms with Gasteiger partial charge in [-0.05, 0) is 28.1 Å². The van der Waals surface area contributed by atoms with Crippen molar-refractivity contribution in [2.45, 2.75) is 0 Å². The molecule has 1 aromatic carbocycles. The molecule has 0 unspecified atom stereocenters. The molecule has 0 saturated carbocycles. The van der Waals surface area contributed by atoms with Crippen molar-refractivity contribution in [1.82, 2.24) is 9.55 Å². The number of benzene rings is 1. The fourth-order valence-electron chi connectivity index (χ4n) is 2.08. The Bertz CT molecular complexity index is 655. The van der Waals surface area contributed by atoms with Gasteiger partial charge in [0.25, 0.3) is 0 Å². The molecule has 3 rings (SSSR count). The second-order valence-corrected chi connectivity index (χ2v) is 4.44. The Morgan fingerprint density at radius 1 is 1.20 bits per heavy atom. The molecule has 0 aliphatic rings. The Morgan fingerprint density at radius 2 is 2.07 bits per heavy atom. The van der Waals surface area contributed by atoms with Crippen LogP contribution in [0.15, 0.2) is 41.1 Å². The lowest BCUT2D eigenvalue weighted by Gasteiger charge is -1.98. The third-order valence-electron chi connectivity index (χ3n) is 2.77. The predicted molar refractivity (Wildman–Crippen MR) is 65.9 cm³/mol. The van der Waals surface area contributed by atoms with Crippen LogP contribution in [0.5, 0.6) is 0 Å². The van der Waals surface area contributed by atoms with Crippen molar-refractivity contribution in [1.29, 1.82) is 0 Å². The molecule has 0 fully saturated rings. The minimum atomic E-state index is 1.12. The standard InChI is InChI=1S/C12H9BrN2/c1-15-11-7-14-6-5-8(11)9-3-2-4-10(13)12(9)15/h2-7H,1H3. The largest absolute Gasteiger partial charge is 0.341 e. The van der Waals surface area contributed by atoms with E-state index in [-0.39, 0.29) is 0 Å². The highest BCUT2D eigenvalue weighted by molar-refractivity contribution is 9.10. The first-order chi connectivity index (χ1) is 7.29. The van der Waals surface area contributed by atoms with Gasteiger partial charge >= 0.3 is 0 Å². The maximum absolute atomic E-state index is 4.16. The van der Waals surface area contributed by atoms with Crippen LogP contribution in [0.1, 0.15) is 0 Å². The molecular weight excluding hydrogens is 252 g/mol. The summed E-state index contributed by atoms with van der Waals surface area (Å²) >= 11 is 3.58. The summed E-state index contributed by atoms with van der Waals surface area (Å²) in [5.74, 6) is 0. The molecule has 2 aromatic heterocycles. The van der Waals surface area contributed by atoms with Gasteiger partial charge in [-0.15, -0.1) is 0 Å². The first-order valence-electron chi connectivity index (χ1n) is 4.75. The Morgan fingerprint density at radius 3 is 2.93 bits per heavy atom. The highest BCUT2D eigenvalue weighted by Gasteiger charge is 2.09. The molecule has 0 aliphatic heterocycles. The number of hydrogen-bond acceptors (Lipinski definition) is 1. The first kappa shape index (κ1) is 8.92. The molecule has 3 aromatic rings. The molecule has 15 heavy (non-hydrogen) atoms. The molecule has 2 nitrogen and oxygen atoms in total. The van der Waals surface area contributed by atoms with Crippen molar-refractivity contribution < 1.29 is 0 Å². The molecule has 0 N–H and O–H groups in total. The Labute approximate surface area is 95.7 Å². The van der Waals surface area contributed by atoms with E-state index in [4.69, 9.17) is 0 Å². The van der Waals surface area contributed by atoms with Gasteiger partial charge in [-0.25, -0.2) is 0 Å². The Balaban J connectivity index is 2.69. The van der Waals surface area contributed by atoms with Crippen molar-refractivity contribution in [3.63, 3.8) is 0 Å². The highest BCUT2D eigenvalue weighted by atomic mass is 79.9. The number of hydrogen-bond donors (Lipinski definition) is 0. The molecule has 0 amide bonds. The summed E-state index contributed by atoms with van der Waals surface area (Å²) in [6.45, 7) is 0. The van der Waals surface area contributed by atoms with Crippen LogP contribution >= 0.6 is 15.9 Å². The van der Waals surface area contributed by atoms with Crippen LogP contribution in [-0.4, -0.2) is 9.55 Å². The van der Waals surface area contributed by atoms with E-state index in [9.17, 15) is 0 Å². The minimum absolute atomic E-state index is 1.12. The number of aryl methyl sites for hydroxylation is 1. The molecule has 0 atom stereocenters. The van der Waals surface area contributed by atoms with E-state index >= 15 is 0 Å². The van der Waals surface area contributed by atoms with E-state index in [0.29, 0.717) is 0 Å². The molecule has 0 aliphatic carbocycles. The normalized spacial score (nSPS) is 11.3. The summed E-state index contributed by atoms with van der Waals surface area (Å²) < 4.78 is 3.29. The van der Waals surface area contributed by atoms with Crippen molar-refractivity contribution >= 4 is 37.7 Å². The number of nitrogens with zero attached hydrogens (tertiary/aromatic N) is 2. The molecule has 0 spiro atoms. The van der Waals surface area contributed by atoms with Crippen LogP contribution in [0.2, 0.25) is 0 Å². The lowest BCUT2D eigenvalue weighted by molar-refractivity contribution is 1.01. The zero-order valence-electron chi connectivity index (χ0n) is 8.24. The second-order valence-electron chi connectivity index (χ2n) is 3.59. The first-order valence-corrected chi connectivity index (χ1v) is 5.55. The molecular formula is C12H9BrN2. The number of pyridine rings is 1. The van der Waals surface area contributed by atoms with E-state index in [1.54, 1.807) is 0 Å². The van der Waals surface area contributed by atoms with Crippen LogP contribution < -0.4 is 0 Å². The lowest BCUT2D eigenvalue weighted by Crippen LogP contribution is -1.87. The van der Waals surface area contributed by atoms with Gasteiger partial charge in [0.05, 0.1) is 17.2 Å². The average molecular weight is 261 g/mol. The van der Waals surface area contributed by atoms with Gasteiger partial charge in [0, 0.05) is 28.5 Å². The minimum Gasteiger partial charge on any atom is -0.341 e. The summed E-state index contributed by atoms with van der Waals surface area (Å²) in [6, 6.07) is 8.33. The van der Waals surface area contributed by atoms with Crippen LogP contribution in [0.3, 0.4) is 0 Å². The maximum atomic E-state index is 4.16. The number of fused-ring (bicyclic) bond motifs is 3. The number of aromatic nitrogens is 2. The smallest absolute Gasteiger partial charge is 0.0675 e. The van der Waals surface area contributed by atoms with Crippen LogP contribution in [0.25, 0.3) is 21.8 Å². The van der Waals surface area contributed by atoms with Gasteiger partial charge in [0.1, 0.15) is 0 Å². The summed E-state index contributed by atoms with van der Waals surface area (Å²) in [4.78, 5) is 4.16. The summed E-state index contributed by atoms with van der Waals surface area (Å²) in [5, 5.41) is 2.52. The SMILES string of the molecule is Cn1c2cnccc2c2cccc(Br)c21. The average Bonchev–Trinajstić information content (AvgIpc) is 2.55. The Hall–Kier alpha value is -1.35. The fourth-order valence-corrected chi connectivity index (χ4v) is 2.71. The summed E-state index contributed by atoms with van der Waals surface area (Å²) in [7, 11) is 2.07. The van der Waals surface area contributed by atoms with Crippen molar-refractivity contribution in [2.75, 3.05) is 0 Å². The predicted octanol–water partition coefficient (Wildman–Crippen LogP) is 3.49. The number of para-hydroxylation sites is 1. The van der Waals surface area contributed by atoms with Crippen molar-refractivity contribution in [2.24, 2.45) is 7.05 Å².